The van der Waals surface area contributed by atoms with Crippen molar-refractivity contribution in [1.29, 1.82) is 0 Å². The van der Waals surface area contributed by atoms with Crippen molar-refractivity contribution in [2.75, 3.05) is 0 Å². The summed E-state index contributed by atoms with van der Waals surface area (Å²) < 4.78 is 0. The summed E-state index contributed by atoms with van der Waals surface area (Å²) >= 11 is 0. The van der Waals surface area contributed by atoms with E-state index in [9.17, 15) is 5.11 Å². The zero-order chi connectivity index (χ0) is 21.8. The highest BCUT2D eigenvalue weighted by atomic mass is 16.3. The molecule has 2 aromatic heterocycles. The molecule has 162 valence electrons. The van der Waals surface area contributed by atoms with Crippen molar-refractivity contribution in [2.24, 2.45) is 5.73 Å². The van der Waals surface area contributed by atoms with E-state index in [1.165, 1.54) is 22.4 Å². The normalized spacial score (nSPS) is 15.8. The molecule has 0 bridgehead atoms. The van der Waals surface area contributed by atoms with E-state index in [1.807, 2.05) is 24.5 Å². The fraction of sp³-hybridized carbons (Fsp3) is 0.385. The molecule has 0 amide bonds. The van der Waals surface area contributed by atoms with E-state index in [1.54, 1.807) is 0 Å². The number of aliphatic hydroxyl groups excluding tert-OH is 1. The van der Waals surface area contributed by atoms with E-state index in [0.29, 0.717) is 6.54 Å². The van der Waals surface area contributed by atoms with Gasteiger partial charge in [-0.1, -0.05) is 30.3 Å². The van der Waals surface area contributed by atoms with Gasteiger partial charge in [-0.2, -0.15) is 0 Å². The van der Waals surface area contributed by atoms with Gasteiger partial charge >= 0.3 is 0 Å². The Hall–Kier alpha value is -2.60. The second-order valence-electron chi connectivity index (χ2n) is 8.60. The van der Waals surface area contributed by atoms with Crippen LogP contribution in [0.4, 0.5) is 0 Å². The van der Waals surface area contributed by atoms with Crippen molar-refractivity contribution in [3.63, 3.8) is 0 Å². The zero-order valence-corrected chi connectivity index (χ0v) is 18.5. The summed E-state index contributed by atoms with van der Waals surface area (Å²) in [5.74, 6) is 0. The molecule has 0 saturated carbocycles. The SMILES string of the molecule is Cc1cnc(CN(Cc2ccc(CN)cc2CO)[C@@H]2CCCc3cccnc32)c(C)c1. The summed E-state index contributed by atoms with van der Waals surface area (Å²) in [5, 5.41) is 10.00. The number of rotatable bonds is 7. The molecule has 0 spiro atoms. The van der Waals surface area contributed by atoms with E-state index in [4.69, 9.17) is 15.7 Å². The maximum Gasteiger partial charge on any atom is 0.0685 e. The molecule has 0 aliphatic heterocycles. The van der Waals surface area contributed by atoms with Crippen LogP contribution in [0.5, 0.6) is 0 Å². The van der Waals surface area contributed by atoms with Gasteiger partial charge in [0.15, 0.2) is 0 Å². The number of benzene rings is 1. The van der Waals surface area contributed by atoms with Crippen LogP contribution in [0.2, 0.25) is 0 Å². The van der Waals surface area contributed by atoms with Crippen LogP contribution in [-0.2, 0) is 32.7 Å². The molecular formula is C26H32N4O. The average Bonchev–Trinajstić information content (AvgIpc) is 2.80. The van der Waals surface area contributed by atoms with Gasteiger partial charge in [-0.3, -0.25) is 14.9 Å². The fourth-order valence-electron chi connectivity index (χ4n) is 4.64. The van der Waals surface area contributed by atoms with Crippen LogP contribution in [0.1, 0.15) is 63.7 Å². The third-order valence-corrected chi connectivity index (χ3v) is 6.33. The number of pyridine rings is 2. The number of hydrogen-bond acceptors (Lipinski definition) is 5. The minimum Gasteiger partial charge on any atom is -0.392 e. The second kappa shape index (κ2) is 9.69. The van der Waals surface area contributed by atoms with Crippen molar-refractivity contribution >= 4 is 0 Å². The Labute approximate surface area is 185 Å². The van der Waals surface area contributed by atoms with Crippen molar-refractivity contribution in [3.8, 4) is 0 Å². The Balaban J connectivity index is 1.71. The number of nitrogens with two attached hydrogens (primary N) is 1. The molecule has 5 nitrogen and oxygen atoms in total. The van der Waals surface area contributed by atoms with Gasteiger partial charge in [0.2, 0.25) is 0 Å². The highest BCUT2D eigenvalue weighted by Crippen LogP contribution is 2.35. The molecular weight excluding hydrogens is 384 g/mol. The predicted octanol–water partition coefficient (Wildman–Crippen LogP) is 4.12. The quantitative estimate of drug-likeness (QED) is 0.606. The smallest absolute Gasteiger partial charge is 0.0685 e. The van der Waals surface area contributed by atoms with Gasteiger partial charge < -0.3 is 10.8 Å². The molecule has 3 aromatic rings. The van der Waals surface area contributed by atoms with Crippen LogP contribution in [0.3, 0.4) is 0 Å². The van der Waals surface area contributed by atoms with Crippen molar-refractivity contribution < 1.29 is 5.11 Å². The zero-order valence-electron chi connectivity index (χ0n) is 18.5. The standard InChI is InChI=1S/C26H32N4O/c1-18-11-19(2)24(29-14-18)16-30(15-22-9-8-20(13-27)12-23(22)17-31)25-7-3-5-21-6-4-10-28-26(21)25/h4,6,8-12,14,25,31H,3,5,7,13,15-17,27H2,1-2H3/t25-/m1/s1. The lowest BCUT2D eigenvalue weighted by Crippen LogP contribution is -2.32. The monoisotopic (exact) mass is 416 g/mol. The van der Waals surface area contributed by atoms with Gasteiger partial charge in [0.25, 0.3) is 0 Å². The van der Waals surface area contributed by atoms with Crippen LogP contribution in [0.15, 0.2) is 48.8 Å². The molecule has 1 aliphatic carbocycles. The van der Waals surface area contributed by atoms with Gasteiger partial charge in [-0.05, 0) is 72.6 Å². The Kier molecular flexibility index (Phi) is 6.76. The highest BCUT2D eigenvalue weighted by molar-refractivity contribution is 5.33. The molecule has 0 fully saturated rings. The van der Waals surface area contributed by atoms with E-state index in [0.717, 1.165) is 54.7 Å². The van der Waals surface area contributed by atoms with Gasteiger partial charge in [0, 0.05) is 32.0 Å². The third kappa shape index (κ3) is 4.85. The summed E-state index contributed by atoms with van der Waals surface area (Å²) in [4.78, 5) is 12.0. The number of aryl methyl sites for hydroxylation is 3. The first-order valence-electron chi connectivity index (χ1n) is 11.1. The molecule has 0 saturated heterocycles. The highest BCUT2D eigenvalue weighted by Gasteiger charge is 2.28. The molecule has 1 aromatic carbocycles. The second-order valence-corrected chi connectivity index (χ2v) is 8.60. The Morgan fingerprint density at radius 1 is 1.10 bits per heavy atom. The minimum atomic E-state index is 0.0122. The van der Waals surface area contributed by atoms with E-state index < -0.39 is 0 Å². The molecule has 2 heterocycles. The molecule has 5 heteroatoms. The summed E-state index contributed by atoms with van der Waals surface area (Å²) in [5.41, 5.74) is 14.9. The summed E-state index contributed by atoms with van der Waals surface area (Å²) in [7, 11) is 0. The molecule has 3 N–H and O–H groups in total. The summed E-state index contributed by atoms with van der Waals surface area (Å²) in [6.45, 7) is 6.18. The maximum absolute atomic E-state index is 10.00. The van der Waals surface area contributed by atoms with E-state index in [2.05, 4.69) is 43.0 Å². The molecule has 1 atom stereocenters. The van der Waals surface area contributed by atoms with Crippen molar-refractivity contribution in [3.05, 3.63) is 93.6 Å². The largest absolute Gasteiger partial charge is 0.392 e. The lowest BCUT2D eigenvalue weighted by Gasteiger charge is -2.35. The van der Waals surface area contributed by atoms with Gasteiger partial charge in [0.1, 0.15) is 0 Å². The minimum absolute atomic E-state index is 0.0122. The Bertz CT molecular complexity index is 1050. The molecule has 1 aliphatic rings. The lowest BCUT2D eigenvalue weighted by molar-refractivity contribution is 0.153. The summed E-state index contributed by atoms with van der Waals surface area (Å²) in [6, 6.07) is 12.9. The predicted molar refractivity (Wildman–Crippen MR) is 123 cm³/mol. The van der Waals surface area contributed by atoms with Crippen molar-refractivity contribution in [2.45, 2.75) is 65.4 Å². The third-order valence-electron chi connectivity index (χ3n) is 6.33. The Morgan fingerprint density at radius 2 is 1.97 bits per heavy atom. The van der Waals surface area contributed by atoms with E-state index >= 15 is 0 Å². The van der Waals surface area contributed by atoms with Crippen LogP contribution < -0.4 is 5.73 Å². The van der Waals surface area contributed by atoms with Gasteiger partial charge in [-0.25, -0.2) is 0 Å². The van der Waals surface area contributed by atoms with E-state index in [-0.39, 0.29) is 12.6 Å². The first-order valence-corrected chi connectivity index (χ1v) is 11.1. The van der Waals surface area contributed by atoms with Crippen LogP contribution in [0.25, 0.3) is 0 Å². The number of hydrogen-bond donors (Lipinski definition) is 2. The molecule has 4 rings (SSSR count). The number of nitrogens with zero attached hydrogens (tertiary/aromatic N) is 3. The van der Waals surface area contributed by atoms with Crippen LogP contribution in [-0.4, -0.2) is 20.0 Å². The fourth-order valence-corrected chi connectivity index (χ4v) is 4.64. The van der Waals surface area contributed by atoms with Crippen molar-refractivity contribution in [1.82, 2.24) is 14.9 Å². The van der Waals surface area contributed by atoms with Crippen LogP contribution >= 0.6 is 0 Å². The first kappa shape index (κ1) is 21.6. The topological polar surface area (TPSA) is 75.3 Å². The Morgan fingerprint density at radius 3 is 2.74 bits per heavy atom. The molecule has 0 radical (unpaired) electrons. The van der Waals surface area contributed by atoms with Gasteiger partial charge in [-0.15, -0.1) is 0 Å². The first-order chi connectivity index (χ1) is 15.1. The van der Waals surface area contributed by atoms with Gasteiger partial charge in [0.05, 0.1) is 24.0 Å². The number of aromatic nitrogens is 2. The van der Waals surface area contributed by atoms with Crippen LogP contribution in [0, 0.1) is 13.8 Å². The average molecular weight is 417 g/mol. The summed E-state index contributed by atoms with van der Waals surface area (Å²) in [6.07, 6.45) is 7.16. The molecule has 0 unspecified atom stereocenters. The molecule has 31 heavy (non-hydrogen) atoms. The maximum atomic E-state index is 10.00. The lowest BCUT2D eigenvalue weighted by atomic mass is 9.90. The number of fused-ring (bicyclic) bond motifs is 1. The number of aliphatic hydroxyl groups is 1.